The van der Waals surface area contributed by atoms with Crippen LogP contribution >= 0.6 is 0 Å². The average Bonchev–Trinajstić information content (AvgIpc) is 2.67. The third kappa shape index (κ3) is 10.5. The molecule has 0 bridgehead atoms. The van der Waals surface area contributed by atoms with Gasteiger partial charge in [0, 0.05) is 0 Å². The van der Waals surface area contributed by atoms with E-state index in [-0.39, 0.29) is 0 Å². The standard InChI is InChI=1S/C13H19SeSi.3C4H9.Sn/c1-15(2,3)12-8-7-11-14-13-9-5-4-6-10-13;3*1-3-4-2;/h4-6,9-10,12H,7,11H2,1-3H3;3*1,3-4H2,2H3;. The monoisotopic (exact) mass is 574 g/mol. The van der Waals surface area contributed by atoms with Crippen molar-refractivity contribution < 1.29 is 0 Å². The summed E-state index contributed by atoms with van der Waals surface area (Å²) in [6.45, 7) is 14.9. The van der Waals surface area contributed by atoms with Crippen LogP contribution in [0.1, 0.15) is 65.7 Å². The normalized spacial score (nSPS) is 13.1. The van der Waals surface area contributed by atoms with E-state index < -0.39 is 26.5 Å². The maximum atomic E-state index is 2.91. The van der Waals surface area contributed by atoms with Crippen LogP contribution in [0, 0.1) is 0 Å². The number of hydrogen-bond acceptors (Lipinski definition) is 0. The molecule has 1 aromatic rings. The molecule has 28 heavy (non-hydrogen) atoms. The van der Waals surface area contributed by atoms with Crippen molar-refractivity contribution in [2.75, 3.05) is 0 Å². The van der Waals surface area contributed by atoms with Crippen molar-refractivity contribution in [3.63, 3.8) is 0 Å². The van der Waals surface area contributed by atoms with Gasteiger partial charge in [0.25, 0.3) is 0 Å². The molecule has 0 unspecified atom stereocenters. The predicted octanol–water partition coefficient (Wildman–Crippen LogP) is 8.02. The molecule has 0 aliphatic carbocycles. The van der Waals surface area contributed by atoms with Crippen molar-refractivity contribution in [3.8, 4) is 0 Å². The van der Waals surface area contributed by atoms with E-state index in [2.05, 4.69) is 80.0 Å². The van der Waals surface area contributed by atoms with E-state index in [0.717, 1.165) is 0 Å². The van der Waals surface area contributed by atoms with Crippen LogP contribution in [0.4, 0.5) is 0 Å². The first-order chi connectivity index (χ1) is 13.4. The number of hydrogen-bond donors (Lipinski definition) is 0. The van der Waals surface area contributed by atoms with Gasteiger partial charge in [-0.3, -0.25) is 0 Å². The van der Waals surface area contributed by atoms with E-state index >= 15 is 0 Å². The SMILES string of the molecule is CCC[CH2][Sn]([CH2]CCC)([CH2]CCC)/[C](=C\[Si](C)(C)C)CC[Se]c1ccccc1. The van der Waals surface area contributed by atoms with E-state index in [9.17, 15) is 0 Å². The van der Waals surface area contributed by atoms with Gasteiger partial charge in [-0.15, -0.1) is 0 Å². The molecule has 1 aromatic carbocycles. The Morgan fingerprint density at radius 3 is 1.79 bits per heavy atom. The van der Waals surface area contributed by atoms with E-state index in [1.54, 1.807) is 17.8 Å². The summed E-state index contributed by atoms with van der Waals surface area (Å²) >= 11 is -1.62. The van der Waals surface area contributed by atoms with Crippen molar-refractivity contribution >= 4 is 45.9 Å². The fraction of sp³-hybridized carbons (Fsp3) is 0.680. The Morgan fingerprint density at radius 2 is 1.36 bits per heavy atom. The molecule has 1 rings (SSSR count). The molecule has 0 nitrogen and oxygen atoms in total. The van der Waals surface area contributed by atoms with Gasteiger partial charge in [-0.05, 0) is 0 Å². The summed E-state index contributed by atoms with van der Waals surface area (Å²) in [5, 5.41) is 1.41. The van der Waals surface area contributed by atoms with Gasteiger partial charge in [0.2, 0.25) is 0 Å². The first kappa shape index (κ1) is 26.5. The van der Waals surface area contributed by atoms with Crippen molar-refractivity contribution in [2.24, 2.45) is 0 Å². The van der Waals surface area contributed by atoms with Crippen LogP contribution in [0.3, 0.4) is 0 Å². The number of benzene rings is 1. The van der Waals surface area contributed by atoms with Crippen LogP contribution in [0.15, 0.2) is 39.6 Å². The molecule has 0 radical (unpaired) electrons. The first-order valence-electron chi connectivity index (χ1n) is 11.8. The summed E-state index contributed by atoms with van der Waals surface area (Å²) in [6, 6.07) is 11.2. The fourth-order valence-electron chi connectivity index (χ4n) is 4.21. The van der Waals surface area contributed by atoms with Crippen LogP contribution in [0.2, 0.25) is 38.3 Å². The van der Waals surface area contributed by atoms with Gasteiger partial charge in [0.1, 0.15) is 0 Å². The Hall–Kier alpha value is 0.495. The second-order valence-corrected chi connectivity index (χ2v) is 30.4. The molecule has 0 spiro atoms. The molecular formula is C25H46SeSiSn. The summed E-state index contributed by atoms with van der Waals surface area (Å²) < 4.78 is 8.53. The minimum atomic E-state index is -2.26. The Morgan fingerprint density at radius 1 is 0.857 bits per heavy atom. The molecule has 3 heteroatoms. The quantitative estimate of drug-likeness (QED) is 0.187. The van der Waals surface area contributed by atoms with E-state index in [4.69, 9.17) is 0 Å². The maximum absolute atomic E-state index is 2.91. The Balaban J connectivity index is 3.10. The molecule has 0 aliphatic rings. The third-order valence-corrected chi connectivity index (χ3v) is 26.1. The molecular weight excluding hydrogens is 526 g/mol. The van der Waals surface area contributed by atoms with E-state index in [0.29, 0.717) is 15.0 Å². The zero-order valence-corrected chi connectivity index (χ0v) is 25.2. The van der Waals surface area contributed by atoms with Crippen LogP contribution in [-0.2, 0) is 0 Å². The zero-order valence-electron chi connectivity index (χ0n) is 19.7. The summed E-state index contributed by atoms with van der Waals surface area (Å²) in [6.07, 6.45) is 10.0. The topological polar surface area (TPSA) is 0 Å². The van der Waals surface area contributed by atoms with Crippen molar-refractivity contribution in [3.05, 3.63) is 39.6 Å². The summed E-state index contributed by atoms with van der Waals surface area (Å²) in [5.41, 5.74) is 2.91. The molecule has 0 atom stereocenters. The molecule has 0 fully saturated rings. The Labute approximate surface area is 188 Å². The second kappa shape index (κ2) is 14.5. The molecule has 160 valence electrons. The van der Waals surface area contributed by atoms with Gasteiger partial charge in [-0.25, -0.2) is 0 Å². The predicted molar refractivity (Wildman–Crippen MR) is 138 cm³/mol. The summed E-state index contributed by atoms with van der Waals surface area (Å²) in [4.78, 5) is 0. The summed E-state index contributed by atoms with van der Waals surface area (Å²) in [7, 11) is -1.18. The molecule has 0 aliphatic heterocycles. The second-order valence-electron chi connectivity index (χ2n) is 9.54. The molecule has 0 amide bonds. The average molecular weight is 572 g/mol. The first-order valence-corrected chi connectivity index (χ1v) is 24.9. The van der Waals surface area contributed by atoms with Gasteiger partial charge < -0.3 is 0 Å². The van der Waals surface area contributed by atoms with Crippen LogP contribution in [0.5, 0.6) is 0 Å². The minimum absolute atomic E-state index is 0.637. The van der Waals surface area contributed by atoms with E-state index in [1.165, 1.54) is 50.3 Å². The van der Waals surface area contributed by atoms with Gasteiger partial charge >= 0.3 is 189 Å². The molecule has 0 saturated carbocycles. The summed E-state index contributed by atoms with van der Waals surface area (Å²) in [5.74, 6) is 0. The Bertz CT molecular complexity index is 526. The Kier molecular flexibility index (Phi) is 13.7. The van der Waals surface area contributed by atoms with Crippen molar-refractivity contribution in [1.82, 2.24) is 0 Å². The molecule has 0 N–H and O–H groups in total. The van der Waals surface area contributed by atoms with Crippen molar-refractivity contribution in [2.45, 2.75) is 104 Å². The van der Waals surface area contributed by atoms with Gasteiger partial charge in [0.15, 0.2) is 0 Å². The van der Waals surface area contributed by atoms with Crippen LogP contribution in [-0.4, -0.2) is 41.4 Å². The fourth-order valence-corrected chi connectivity index (χ4v) is 30.7. The molecule has 0 aromatic heterocycles. The van der Waals surface area contributed by atoms with Crippen LogP contribution in [0.25, 0.3) is 0 Å². The molecule has 0 saturated heterocycles. The number of rotatable bonds is 15. The molecule has 0 heterocycles. The zero-order chi connectivity index (χ0) is 20.9. The van der Waals surface area contributed by atoms with E-state index in [1.807, 2.05) is 0 Å². The van der Waals surface area contributed by atoms with Gasteiger partial charge in [-0.2, -0.15) is 0 Å². The third-order valence-electron chi connectivity index (χ3n) is 5.70. The number of unbranched alkanes of at least 4 members (excludes halogenated alkanes) is 3. The van der Waals surface area contributed by atoms with Crippen molar-refractivity contribution in [1.29, 1.82) is 0 Å². The van der Waals surface area contributed by atoms with Gasteiger partial charge in [0.05, 0.1) is 0 Å². The van der Waals surface area contributed by atoms with Crippen LogP contribution < -0.4 is 4.46 Å². The number of allylic oxidation sites excluding steroid dienone is 1. The van der Waals surface area contributed by atoms with Gasteiger partial charge in [-0.1, -0.05) is 0 Å².